The predicted molar refractivity (Wildman–Crippen MR) is 106 cm³/mol. The number of likely N-dealkylation sites (tertiary alicyclic amines) is 1. The summed E-state index contributed by atoms with van der Waals surface area (Å²) < 4.78 is 11.2. The first-order chi connectivity index (χ1) is 14.6. The van der Waals surface area contributed by atoms with Crippen molar-refractivity contribution in [3.05, 3.63) is 35.4 Å². The van der Waals surface area contributed by atoms with E-state index in [1.165, 1.54) is 0 Å². The molecule has 30 heavy (non-hydrogen) atoms. The summed E-state index contributed by atoms with van der Waals surface area (Å²) in [5.74, 6) is -0.140. The van der Waals surface area contributed by atoms with Gasteiger partial charge in [0.05, 0.1) is 19.8 Å². The van der Waals surface area contributed by atoms with Crippen LogP contribution in [0.5, 0.6) is 0 Å². The molecule has 0 aromatic heterocycles. The van der Waals surface area contributed by atoms with Crippen molar-refractivity contribution >= 4 is 17.7 Å². The second-order valence-corrected chi connectivity index (χ2v) is 8.48. The van der Waals surface area contributed by atoms with E-state index in [0.717, 1.165) is 31.2 Å². The zero-order valence-corrected chi connectivity index (χ0v) is 16.9. The highest BCUT2D eigenvalue weighted by Gasteiger charge is 2.47. The summed E-state index contributed by atoms with van der Waals surface area (Å²) in [6, 6.07) is 6.74. The number of nitrogens with zero attached hydrogens (tertiary/aromatic N) is 2. The first kappa shape index (κ1) is 19.5. The lowest BCUT2D eigenvalue weighted by atomic mass is 9.96. The number of hydrogen-bond acceptors (Lipinski definition) is 5. The van der Waals surface area contributed by atoms with Gasteiger partial charge in [-0.1, -0.05) is 18.2 Å². The molecule has 1 aromatic carbocycles. The highest BCUT2D eigenvalue weighted by molar-refractivity contribution is 6.05. The van der Waals surface area contributed by atoms with Crippen LogP contribution in [0.15, 0.2) is 24.3 Å². The van der Waals surface area contributed by atoms with Crippen LogP contribution in [0.4, 0.5) is 0 Å². The lowest BCUT2D eigenvalue weighted by Crippen LogP contribution is -2.47. The van der Waals surface area contributed by atoms with Crippen molar-refractivity contribution in [3.63, 3.8) is 0 Å². The zero-order chi connectivity index (χ0) is 20.7. The Balaban J connectivity index is 1.18. The number of carbonyl (C=O) groups is 3. The normalized spacial score (nSPS) is 24.9. The van der Waals surface area contributed by atoms with Crippen LogP contribution in [-0.2, 0) is 19.1 Å². The molecular formula is C22H27N3O5. The Hall–Kier alpha value is -2.45. The van der Waals surface area contributed by atoms with Crippen molar-refractivity contribution < 1.29 is 23.9 Å². The molecule has 1 unspecified atom stereocenters. The first-order valence-electron chi connectivity index (χ1n) is 10.8. The smallest absolute Gasteiger partial charge is 0.255 e. The van der Waals surface area contributed by atoms with Crippen molar-refractivity contribution in [2.75, 3.05) is 32.8 Å². The molecule has 1 saturated carbocycles. The number of carbonyl (C=O) groups excluding carboxylic acids is 3. The molecular weight excluding hydrogens is 386 g/mol. The standard InChI is InChI=1S/C22H27N3O5/c26-18(24-9-7-14(8-10-24)22-29-11-12-30-22)13-23-20(27)19-16-3-1-2-4-17(16)21(28)25(19)15-5-6-15/h1-4,14-15,19,22H,5-13H2,(H,23,27). The molecule has 3 fully saturated rings. The van der Waals surface area contributed by atoms with E-state index in [4.69, 9.17) is 9.47 Å². The Labute approximate surface area is 175 Å². The molecule has 8 nitrogen and oxygen atoms in total. The largest absolute Gasteiger partial charge is 0.350 e. The summed E-state index contributed by atoms with van der Waals surface area (Å²) in [5, 5.41) is 2.79. The molecule has 1 atom stereocenters. The van der Waals surface area contributed by atoms with Gasteiger partial charge in [-0.2, -0.15) is 0 Å². The molecule has 0 radical (unpaired) electrons. The topological polar surface area (TPSA) is 88.2 Å². The maximum absolute atomic E-state index is 13.0. The number of fused-ring (bicyclic) bond motifs is 1. The molecule has 0 bridgehead atoms. The van der Waals surface area contributed by atoms with Gasteiger partial charge in [-0.25, -0.2) is 0 Å². The fourth-order valence-corrected chi connectivity index (χ4v) is 4.77. The van der Waals surface area contributed by atoms with Crippen molar-refractivity contribution in [1.82, 2.24) is 15.1 Å². The van der Waals surface area contributed by atoms with Gasteiger partial charge >= 0.3 is 0 Å². The monoisotopic (exact) mass is 413 g/mol. The predicted octanol–water partition coefficient (Wildman–Crippen LogP) is 1.07. The summed E-state index contributed by atoms with van der Waals surface area (Å²) in [6.07, 6.45) is 3.38. The third-order valence-electron chi connectivity index (χ3n) is 6.53. The van der Waals surface area contributed by atoms with E-state index in [2.05, 4.69) is 5.32 Å². The number of nitrogens with one attached hydrogen (secondary N) is 1. The lowest BCUT2D eigenvalue weighted by Gasteiger charge is -2.34. The van der Waals surface area contributed by atoms with Crippen LogP contribution in [-0.4, -0.2) is 72.7 Å². The van der Waals surface area contributed by atoms with Crippen LogP contribution in [0, 0.1) is 5.92 Å². The average molecular weight is 413 g/mol. The minimum Gasteiger partial charge on any atom is -0.350 e. The minimum atomic E-state index is -0.642. The fourth-order valence-electron chi connectivity index (χ4n) is 4.77. The van der Waals surface area contributed by atoms with Gasteiger partial charge < -0.3 is 24.6 Å². The Morgan fingerprint density at radius 2 is 1.73 bits per heavy atom. The van der Waals surface area contributed by atoms with Crippen LogP contribution >= 0.6 is 0 Å². The van der Waals surface area contributed by atoms with Gasteiger partial charge in [0.25, 0.3) is 5.91 Å². The lowest BCUT2D eigenvalue weighted by molar-refractivity contribution is -0.138. The SMILES string of the molecule is O=C(NCC(=O)N1CCC(C2OCCO2)CC1)C1c2ccccc2C(=O)N1C1CC1. The molecule has 3 amide bonds. The van der Waals surface area contributed by atoms with Gasteiger partial charge in [-0.3, -0.25) is 14.4 Å². The summed E-state index contributed by atoms with van der Waals surface area (Å²) >= 11 is 0. The third kappa shape index (κ3) is 3.58. The van der Waals surface area contributed by atoms with E-state index >= 15 is 0 Å². The second-order valence-electron chi connectivity index (χ2n) is 8.48. The molecule has 1 N–H and O–H groups in total. The van der Waals surface area contributed by atoms with E-state index in [9.17, 15) is 14.4 Å². The van der Waals surface area contributed by atoms with Gasteiger partial charge in [0, 0.05) is 30.6 Å². The van der Waals surface area contributed by atoms with Crippen molar-refractivity contribution in [2.45, 2.75) is 44.1 Å². The molecule has 5 rings (SSSR count). The molecule has 8 heteroatoms. The van der Waals surface area contributed by atoms with E-state index in [0.29, 0.717) is 37.8 Å². The zero-order valence-electron chi connectivity index (χ0n) is 16.9. The van der Waals surface area contributed by atoms with E-state index in [-0.39, 0.29) is 36.6 Å². The van der Waals surface area contributed by atoms with Crippen LogP contribution in [0.1, 0.15) is 47.6 Å². The van der Waals surface area contributed by atoms with Gasteiger partial charge in [-0.05, 0) is 37.3 Å². The average Bonchev–Trinajstić information content (AvgIpc) is 3.37. The Bertz CT molecular complexity index is 841. The second kappa shape index (κ2) is 8.00. The highest BCUT2D eigenvalue weighted by Crippen LogP contribution is 2.41. The number of rotatable bonds is 5. The van der Waals surface area contributed by atoms with Gasteiger partial charge in [-0.15, -0.1) is 0 Å². The van der Waals surface area contributed by atoms with E-state index in [1.807, 2.05) is 18.2 Å². The van der Waals surface area contributed by atoms with Crippen molar-refractivity contribution in [3.8, 4) is 0 Å². The third-order valence-corrected chi connectivity index (χ3v) is 6.53. The molecule has 4 aliphatic rings. The van der Waals surface area contributed by atoms with Gasteiger partial charge in [0.2, 0.25) is 11.8 Å². The van der Waals surface area contributed by atoms with Crippen LogP contribution < -0.4 is 5.32 Å². The van der Waals surface area contributed by atoms with Crippen molar-refractivity contribution in [2.24, 2.45) is 5.92 Å². The maximum Gasteiger partial charge on any atom is 0.255 e. The van der Waals surface area contributed by atoms with E-state index in [1.54, 1.807) is 15.9 Å². The number of amides is 3. The molecule has 2 saturated heterocycles. The fraction of sp³-hybridized carbons (Fsp3) is 0.591. The van der Waals surface area contributed by atoms with Gasteiger partial charge in [0.1, 0.15) is 6.04 Å². The van der Waals surface area contributed by atoms with Crippen molar-refractivity contribution in [1.29, 1.82) is 0 Å². The number of benzene rings is 1. The highest BCUT2D eigenvalue weighted by atomic mass is 16.7. The minimum absolute atomic E-state index is 0.0503. The number of piperidine rings is 1. The quantitative estimate of drug-likeness (QED) is 0.780. The number of hydrogen-bond donors (Lipinski definition) is 1. The Morgan fingerprint density at radius 1 is 1.03 bits per heavy atom. The Morgan fingerprint density at radius 3 is 2.43 bits per heavy atom. The van der Waals surface area contributed by atoms with Gasteiger partial charge in [0.15, 0.2) is 6.29 Å². The molecule has 1 aromatic rings. The maximum atomic E-state index is 13.0. The molecule has 0 spiro atoms. The molecule has 1 aliphatic carbocycles. The summed E-state index contributed by atoms with van der Waals surface area (Å²) in [6.45, 7) is 2.51. The molecule has 3 heterocycles. The summed E-state index contributed by atoms with van der Waals surface area (Å²) in [7, 11) is 0. The summed E-state index contributed by atoms with van der Waals surface area (Å²) in [4.78, 5) is 41.9. The number of ether oxygens (including phenoxy) is 2. The van der Waals surface area contributed by atoms with E-state index < -0.39 is 6.04 Å². The van der Waals surface area contributed by atoms with Crippen LogP contribution in [0.25, 0.3) is 0 Å². The summed E-state index contributed by atoms with van der Waals surface area (Å²) in [5.41, 5.74) is 1.33. The molecule has 160 valence electrons. The first-order valence-corrected chi connectivity index (χ1v) is 10.8. The van der Waals surface area contributed by atoms with Crippen LogP contribution in [0.2, 0.25) is 0 Å². The Kier molecular flexibility index (Phi) is 5.20. The van der Waals surface area contributed by atoms with Crippen LogP contribution in [0.3, 0.4) is 0 Å². The molecule has 3 aliphatic heterocycles.